The molecule has 0 aromatic heterocycles. The van der Waals surface area contributed by atoms with E-state index in [9.17, 15) is 9.59 Å². The monoisotopic (exact) mass is 368 g/mol. The van der Waals surface area contributed by atoms with Crippen LogP contribution < -0.4 is 5.32 Å². The van der Waals surface area contributed by atoms with E-state index in [1.807, 2.05) is 0 Å². The van der Waals surface area contributed by atoms with Crippen LogP contribution in [0.1, 0.15) is 23.2 Å². The number of esters is 1. The third-order valence-corrected chi connectivity index (χ3v) is 4.84. The smallest absolute Gasteiger partial charge is 0.337 e. The number of carbonyl (C=O) groups excluding carboxylic acids is 2. The first-order valence-electron chi connectivity index (χ1n) is 8.20. The van der Waals surface area contributed by atoms with Gasteiger partial charge in [0.1, 0.15) is 0 Å². The van der Waals surface area contributed by atoms with Crippen LogP contribution in [0.15, 0.2) is 18.2 Å². The maximum absolute atomic E-state index is 12.4. The molecule has 25 heavy (non-hydrogen) atoms. The number of halogens is 1. The van der Waals surface area contributed by atoms with Crippen molar-refractivity contribution in [1.29, 1.82) is 0 Å². The molecule has 1 aromatic carbocycles. The number of nitrogens with zero attached hydrogens (tertiary/aromatic N) is 1. The molecule has 2 saturated heterocycles. The normalized spacial score (nSPS) is 19.0. The summed E-state index contributed by atoms with van der Waals surface area (Å²) in [5.74, 6) is -0.987. The standard InChI is InChI=1S/C17H21ClN2O5/c1-23-16(22)12-2-3-13(18)14(10-12)19-11-15(21)20-6-4-17(5-7-20)24-8-9-25-17/h2-3,10,19H,4-9,11H2,1H3. The average Bonchev–Trinajstić information content (AvgIpc) is 3.08. The molecule has 136 valence electrons. The van der Waals surface area contributed by atoms with Crippen molar-refractivity contribution in [2.24, 2.45) is 0 Å². The Balaban J connectivity index is 1.55. The second-order valence-corrected chi connectivity index (χ2v) is 6.44. The number of hydrogen-bond donors (Lipinski definition) is 1. The largest absolute Gasteiger partial charge is 0.465 e. The van der Waals surface area contributed by atoms with Crippen LogP contribution in [0.25, 0.3) is 0 Å². The van der Waals surface area contributed by atoms with Crippen LogP contribution >= 0.6 is 11.6 Å². The van der Waals surface area contributed by atoms with E-state index in [0.29, 0.717) is 55.4 Å². The second kappa shape index (κ2) is 7.59. The van der Waals surface area contributed by atoms with Crippen molar-refractivity contribution in [2.75, 3.05) is 45.3 Å². The van der Waals surface area contributed by atoms with Crippen molar-refractivity contribution >= 4 is 29.2 Å². The number of methoxy groups -OCH3 is 1. The van der Waals surface area contributed by atoms with E-state index in [4.69, 9.17) is 21.1 Å². The van der Waals surface area contributed by atoms with Gasteiger partial charge in [-0.05, 0) is 18.2 Å². The molecule has 0 radical (unpaired) electrons. The molecule has 1 amide bonds. The summed E-state index contributed by atoms with van der Waals surface area (Å²) in [5.41, 5.74) is 0.895. The van der Waals surface area contributed by atoms with Gasteiger partial charge >= 0.3 is 5.97 Å². The van der Waals surface area contributed by atoms with E-state index in [-0.39, 0.29) is 12.5 Å². The zero-order valence-electron chi connectivity index (χ0n) is 14.0. The lowest BCUT2D eigenvalue weighted by atomic mass is 10.0. The summed E-state index contributed by atoms with van der Waals surface area (Å²) in [6.45, 7) is 2.51. The third kappa shape index (κ3) is 4.05. The van der Waals surface area contributed by atoms with Crippen LogP contribution in [0.2, 0.25) is 5.02 Å². The van der Waals surface area contributed by atoms with Gasteiger partial charge in [-0.1, -0.05) is 11.6 Å². The summed E-state index contributed by atoms with van der Waals surface area (Å²) in [5, 5.41) is 3.43. The molecule has 1 N–H and O–H groups in total. The van der Waals surface area contributed by atoms with E-state index in [0.717, 1.165) is 0 Å². The fourth-order valence-corrected chi connectivity index (χ4v) is 3.26. The molecule has 0 unspecified atom stereocenters. The summed E-state index contributed by atoms with van der Waals surface area (Å²) in [6, 6.07) is 4.75. The Bertz CT molecular complexity index is 650. The fourth-order valence-electron chi connectivity index (χ4n) is 3.07. The first kappa shape index (κ1) is 18.0. The van der Waals surface area contributed by atoms with Gasteiger partial charge in [-0.3, -0.25) is 4.79 Å². The zero-order chi connectivity index (χ0) is 17.9. The van der Waals surface area contributed by atoms with E-state index in [2.05, 4.69) is 10.1 Å². The average molecular weight is 369 g/mol. The number of rotatable bonds is 4. The Morgan fingerprint density at radius 1 is 1.28 bits per heavy atom. The SMILES string of the molecule is COC(=O)c1ccc(Cl)c(NCC(=O)N2CCC3(CC2)OCCO3)c1. The van der Waals surface area contributed by atoms with Gasteiger partial charge in [0.25, 0.3) is 0 Å². The van der Waals surface area contributed by atoms with Gasteiger partial charge in [-0.15, -0.1) is 0 Å². The van der Waals surface area contributed by atoms with Crippen LogP contribution in [0.3, 0.4) is 0 Å². The quantitative estimate of drug-likeness (QED) is 0.818. The van der Waals surface area contributed by atoms with Crippen molar-refractivity contribution in [3.63, 3.8) is 0 Å². The number of amides is 1. The highest BCUT2D eigenvalue weighted by atomic mass is 35.5. The number of ether oxygens (including phenoxy) is 3. The van der Waals surface area contributed by atoms with E-state index >= 15 is 0 Å². The number of hydrogen-bond acceptors (Lipinski definition) is 6. The number of anilines is 1. The summed E-state index contributed by atoms with van der Waals surface area (Å²) >= 11 is 6.12. The van der Waals surface area contributed by atoms with E-state index in [1.54, 1.807) is 23.1 Å². The van der Waals surface area contributed by atoms with Gasteiger partial charge in [0.15, 0.2) is 5.79 Å². The molecular formula is C17H21ClN2O5. The number of carbonyl (C=O) groups is 2. The van der Waals surface area contributed by atoms with Gasteiger partial charge in [0.2, 0.25) is 5.91 Å². The van der Waals surface area contributed by atoms with Crippen molar-refractivity contribution in [2.45, 2.75) is 18.6 Å². The minimum Gasteiger partial charge on any atom is -0.465 e. The van der Waals surface area contributed by atoms with Gasteiger partial charge in [0.05, 0.1) is 43.1 Å². The molecule has 2 fully saturated rings. The molecule has 8 heteroatoms. The van der Waals surface area contributed by atoms with Gasteiger partial charge < -0.3 is 24.4 Å². The highest BCUT2D eigenvalue weighted by molar-refractivity contribution is 6.33. The maximum atomic E-state index is 12.4. The van der Waals surface area contributed by atoms with Gasteiger partial charge in [0, 0.05) is 25.9 Å². The molecular weight excluding hydrogens is 348 g/mol. The molecule has 2 aliphatic rings. The number of nitrogens with one attached hydrogen (secondary N) is 1. The van der Waals surface area contributed by atoms with E-state index in [1.165, 1.54) is 7.11 Å². The molecule has 0 atom stereocenters. The number of benzene rings is 1. The molecule has 3 rings (SSSR count). The highest BCUT2D eigenvalue weighted by Crippen LogP contribution is 2.31. The van der Waals surface area contributed by atoms with Crippen LogP contribution in [-0.4, -0.2) is 62.5 Å². The Morgan fingerprint density at radius 2 is 1.96 bits per heavy atom. The highest BCUT2D eigenvalue weighted by Gasteiger charge is 2.40. The van der Waals surface area contributed by atoms with Crippen molar-refractivity contribution in [3.05, 3.63) is 28.8 Å². The molecule has 7 nitrogen and oxygen atoms in total. The number of piperidine rings is 1. The van der Waals surface area contributed by atoms with Crippen molar-refractivity contribution in [1.82, 2.24) is 4.90 Å². The maximum Gasteiger partial charge on any atom is 0.337 e. The minimum atomic E-state index is -0.498. The van der Waals surface area contributed by atoms with Crippen LogP contribution in [0.4, 0.5) is 5.69 Å². The Morgan fingerprint density at radius 3 is 2.60 bits per heavy atom. The molecule has 2 aliphatic heterocycles. The summed E-state index contributed by atoms with van der Waals surface area (Å²) in [6.07, 6.45) is 1.36. The van der Waals surface area contributed by atoms with Crippen LogP contribution in [0.5, 0.6) is 0 Å². The lowest BCUT2D eigenvalue weighted by molar-refractivity contribution is -0.187. The predicted molar refractivity (Wildman–Crippen MR) is 91.7 cm³/mol. The molecule has 0 aliphatic carbocycles. The predicted octanol–water partition coefficient (Wildman–Crippen LogP) is 1.90. The fraction of sp³-hybridized carbons (Fsp3) is 0.529. The lowest BCUT2D eigenvalue weighted by Gasteiger charge is -2.37. The van der Waals surface area contributed by atoms with Gasteiger partial charge in [-0.2, -0.15) is 0 Å². The topological polar surface area (TPSA) is 77.1 Å². The lowest BCUT2D eigenvalue weighted by Crippen LogP contribution is -2.48. The summed E-state index contributed by atoms with van der Waals surface area (Å²) in [7, 11) is 1.31. The van der Waals surface area contributed by atoms with Gasteiger partial charge in [-0.25, -0.2) is 4.79 Å². The van der Waals surface area contributed by atoms with Crippen LogP contribution in [0, 0.1) is 0 Å². The first-order valence-corrected chi connectivity index (χ1v) is 8.58. The molecule has 0 saturated carbocycles. The molecule has 1 spiro atoms. The molecule has 0 bridgehead atoms. The summed E-state index contributed by atoms with van der Waals surface area (Å²) < 4.78 is 16.0. The second-order valence-electron chi connectivity index (χ2n) is 6.03. The zero-order valence-corrected chi connectivity index (χ0v) is 14.8. The van der Waals surface area contributed by atoms with Crippen LogP contribution in [-0.2, 0) is 19.0 Å². The Kier molecular flexibility index (Phi) is 5.46. The molecule has 1 aromatic rings. The molecule has 2 heterocycles. The summed E-state index contributed by atoms with van der Waals surface area (Å²) in [4.78, 5) is 25.8. The van der Waals surface area contributed by atoms with Crippen molar-refractivity contribution < 1.29 is 23.8 Å². The van der Waals surface area contributed by atoms with Crippen molar-refractivity contribution in [3.8, 4) is 0 Å². The Hall–Kier alpha value is -1.83. The first-order chi connectivity index (χ1) is 12.0. The third-order valence-electron chi connectivity index (χ3n) is 4.51. The van der Waals surface area contributed by atoms with E-state index < -0.39 is 11.8 Å². The number of likely N-dealkylation sites (tertiary alicyclic amines) is 1. The Labute approximate surface area is 151 Å². The minimum absolute atomic E-state index is 0.0348.